The highest BCUT2D eigenvalue weighted by molar-refractivity contribution is 5.60. The minimum absolute atomic E-state index is 0.384. The molecule has 76 valence electrons. The van der Waals surface area contributed by atoms with E-state index >= 15 is 0 Å². The Kier molecular flexibility index (Phi) is 4.17. The first kappa shape index (κ1) is 10.8. The zero-order valence-electron chi connectivity index (χ0n) is 8.84. The third-order valence-electron chi connectivity index (χ3n) is 2.07. The number of anilines is 1. The third-order valence-corrected chi connectivity index (χ3v) is 2.07. The van der Waals surface area contributed by atoms with Crippen molar-refractivity contribution in [1.29, 1.82) is 0 Å². The van der Waals surface area contributed by atoms with Crippen LogP contribution in [-0.4, -0.2) is 12.8 Å². The lowest BCUT2D eigenvalue weighted by Gasteiger charge is -2.07. The molecule has 0 atom stereocenters. The summed E-state index contributed by atoms with van der Waals surface area (Å²) < 4.78 is 0. The molecular weight excluding hydrogens is 174 g/mol. The van der Waals surface area contributed by atoms with Gasteiger partial charge < -0.3 is 10.1 Å². The van der Waals surface area contributed by atoms with Gasteiger partial charge in [-0.1, -0.05) is 19.4 Å². The standard InChI is InChI=1S/C12H17NO/c1-3-4-11-7-10(2)8-12(9-11)13-5-6-14/h6-9,13H,3-5H2,1-2H3. The molecular formula is C12H17NO. The molecule has 0 aromatic heterocycles. The van der Waals surface area contributed by atoms with Gasteiger partial charge in [-0.3, -0.25) is 0 Å². The van der Waals surface area contributed by atoms with Gasteiger partial charge >= 0.3 is 0 Å². The number of aryl methyl sites for hydroxylation is 2. The predicted octanol–water partition coefficient (Wildman–Crippen LogP) is 2.56. The van der Waals surface area contributed by atoms with Crippen LogP contribution in [0.4, 0.5) is 5.69 Å². The summed E-state index contributed by atoms with van der Waals surface area (Å²) in [6.07, 6.45) is 3.12. The fourth-order valence-corrected chi connectivity index (χ4v) is 1.56. The fraction of sp³-hybridized carbons (Fsp3) is 0.417. The molecule has 0 aliphatic heterocycles. The van der Waals surface area contributed by atoms with Gasteiger partial charge in [-0.25, -0.2) is 0 Å². The number of hydrogen-bond acceptors (Lipinski definition) is 2. The van der Waals surface area contributed by atoms with Crippen LogP contribution < -0.4 is 5.32 Å². The Morgan fingerprint density at radius 3 is 2.79 bits per heavy atom. The molecule has 0 radical (unpaired) electrons. The van der Waals surface area contributed by atoms with Crippen LogP contribution in [0.1, 0.15) is 24.5 Å². The summed E-state index contributed by atoms with van der Waals surface area (Å²) in [5.74, 6) is 0. The lowest BCUT2D eigenvalue weighted by atomic mass is 10.1. The molecule has 1 aromatic rings. The number of carbonyl (C=O) groups excluding carboxylic acids is 1. The SMILES string of the molecule is CCCc1cc(C)cc(NCC=O)c1. The van der Waals surface area contributed by atoms with E-state index in [1.54, 1.807) is 0 Å². The average molecular weight is 191 g/mol. The highest BCUT2D eigenvalue weighted by Gasteiger charge is 1.97. The van der Waals surface area contributed by atoms with Gasteiger partial charge in [0.2, 0.25) is 0 Å². The van der Waals surface area contributed by atoms with Crippen LogP contribution in [-0.2, 0) is 11.2 Å². The molecule has 2 nitrogen and oxygen atoms in total. The monoisotopic (exact) mass is 191 g/mol. The summed E-state index contributed by atoms with van der Waals surface area (Å²) in [4.78, 5) is 10.2. The van der Waals surface area contributed by atoms with Crippen molar-refractivity contribution in [3.05, 3.63) is 29.3 Å². The first-order chi connectivity index (χ1) is 6.76. The van der Waals surface area contributed by atoms with E-state index in [9.17, 15) is 4.79 Å². The van der Waals surface area contributed by atoms with E-state index in [2.05, 4.69) is 37.4 Å². The molecule has 2 heteroatoms. The summed E-state index contributed by atoms with van der Waals surface area (Å²) in [5, 5.41) is 3.07. The molecule has 0 saturated carbocycles. The number of benzene rings is 1. The predicted molar refractivity (Wildman–Crippen MR) is 59.7 cm³/mol. The van der Waals surface area contributed by atoms with Crippen LogP contribution in [0.25, 0.3) is 0 Å². The Labute approximate surface area is 85.3 Å². The van der Waals surface area contributed by atoms with Gasteiger partial charge in [-0.15, -0.1) is 0 Å². The van der Waals surface area contributed by atoms with Gasteiger partial charge in [0.25, 0.3) is 0 Å². The van der Waals surface area contributed by atoms with Gasteiger partial charge in [-0.2, -0.15) is 0 Å². The van der Waals surface area contributed by atoms with Gasteiger partial charge in [0, 0.05) is 5.69 Å². The number of nitrogens with one attached hydrogen (secondary N) is 1. The van der Waals surface area contributed by atoms with E-state index in [0.29, 0.717) is 6.54 Å². The van der Waals surface area contributed by atoms with Crippen LogP contribution in [0, 0.1) is 6.92 Å². The lowest BCUT2D eigenvalue weighted by Crippen LogP contribution is -2.02. The van der Waals surface area contributed by atoms with Crippen LogP contribution in [0.2, 0.25) is 0 Å². The Hall–Kier alpha value is -1.31. The van der Waals surface area contributed by atoms with Gasteiger partial charge in [0.05, 0.1) is 6.54 Å². The van der Waals surface area contributed by atoms with Crippen molar-refractivity contribution in [2.45, 2.75) is 26.7 Å². The molecule has 0 spiro atoms. The molecule has 0 heterocycles. The van der Waals surface area contributed by atoms with Crippen molar-refractivity contribution in [2.75, 3.05) is 11.9 Å². The number of rotatable bonds is 5. The Morgan fingerprint density at radius 2 is 2.14 bits per heavy atom. The zero-order valence-corrected chi connectivity index (χ0v) is 8.84. The van der Waals surface area contributed by atoms with Gasteiger partial charge in [-0.05, 0) is 36.6 Å². The van der Waals surface area contributed by atoms with Crippen molar-refractivity contribution >= 4 is 12.0 Å². The first-order valence-corrected chi connectivity index (χ1v) is 5.04. The lowest BCUT2D eigenvalue weighted by molar-refractivity contribution is -0.106. The van der Waals surface area contributed by atoms with Crippen LogP contribution in [0.15, 0.2) is 18.2 Å². The van der Waals surface area contributed by atoms with Crippen LogP contribution >= 0.6 is 0 Å². The normalized spacial score (nSPS) is 9.86. The third kappa shape index (κ3) is 3.21. The number of aldehydes is 1. The Bertz CT molecular complexity index is 307. The minimum Gasteiger partial charge on any atom is -0.378 e. The molecule has 0 unspecified atom stereocenters. The topological polar surface area (TPSA) is 29.1 Å². The average Bonchev–Trinajstić information content (AvgIpc) is 2.14. The number of carbonyl (C=O) groups is 1. The van der Waals surface area contributed by atoms with E-state index in [-0.39, 0.29) is 0 Å². The molecule has 1 aromatic carbocycles. The molecule has 14 heavy (non-hydrogen) atoms. The highest BCUT2D eigenvalue weighted by Crippen LogP contribution is 2.15. The van der Waals surface area contributed by atoms with Crippen LogP contribution in [0.3, 0.4) is 0 Å². The molecule has 0 bridgehead atoms. The summed E-state index contributed by atoms with van der Waals surface area (Å²) in [6, 6.07) is 6.36. The van der Waals surface area contributed by atoms with E-state index in [0.717, 1.165) is 24.8 Å². The van der Waals surface area contributed by atoms with Gasteiger partial charge in [0.15, 0.2) is 0 Å². The molecule has 1 rings (SSSR count). The van der Waals surface area contributed by atoms with E-state index in [4.69, 9.17) is 0 Å². The quantitative estimate of drug-likeness (QED) is 0.725. The Balaban J connectivity index is 2.77. The van der Waals surface area contributed by atoms with E-state index in [1.165, 1.54) is 11.1 Å². The second-order valence-electron chi connectivity index (χ2n) is 3.50. The van der Waals surface area contributed by atoms with Crippen molar-refractivity contribution in [3.63, 3.8) is 0 Å². The molecule has 0 aliphatic rings. The second-order valence-corrected chi connectivity index (χ2v) is 3.50. The van der Waals surface area contributed by atoms with E-state index < -0.39 is 0 Å². The van der Waals surface area contributed by atoms with Crippen molar-refractivity contribution in [3.8, 4) is 0 Å². The van der Waals surface area contributed by atoms with Crippen LogP contribution in [0.5, 0.6) is 0 Å². The summed E-state index contributed by atoms with van der Waals surface area (Å²) in [5.41, 5.74) is 3.62. The first-order valence-electron chi connectivity index (χ1n) is 5.04. The summed E-state index contributed by atoms with van der Waals surface area (Å²) in [6.45, 7) is 4.63. The zero-order chi connectivity index (χ0) is 10.4. The summed E-state index contributed by atoms with van der Waals surface area (Å²) >= 11 is 0. The second kappa shape index (κ2) is 5.43. The maximum absolute atomic E-state index is 10.2. The molecule has 0 aliphatic carbocycles. The smallest absolute Gasteiger partial charge is 0.139 e. The molecule has 0 fully saturated rings. The summed E-state index contributed by atoms with van der Waals surface area (Å²) in [7, 11) is 0. The van der Waals surface area contributed by atoms with Crippen molar-refractivity contribution in [2.24, 2.45) is 0 Å². The highest BCUT2D eigenvalue weighted by atomic mass is 16.1. The number of hydrogen-bond donors (Lipinski definition) is 1. The maximum Gasteiger partial charge on any atom is 0.139 e. The largest absolute Gasteiger partial charge is 0.378 e. The van der Waals surface area contributed by atoms with E-state index in [1.807, 2.05) is 0 Å². The maximum atomic E-state index is 10.2. The van der Waals surface area contributed by atoms with Gasteiger partial charge in [0.1, 0.15) is 6.29 Å². The fourth-order valence-electron chi connectivity index (χ4n) is 1.56. The van der Waals surface area contributed by atoms with Crippen molar-refractivity contribution < 1.29 is 4.79 Å². The van der Waals surface area contributed by atoms with Crippen molar-refractivity contribution in [1.82, 2.24) is 0 Å². The molecule has 0 amide bonds. The molecule has 0 saturated heterocycles. The minimum atomic E-state index is 0.384. The Morgan fingerprint density at radius 1 is 1.36 bits per heavy atom. The molecule has 1 N–H and O–H groups in total.